The second kappa shape index (κ2) is 3.49. The van der Waals surface area contributed by atoms with Gasteiger partial charge in [0.15, 0.2) is 0 Å². The number of nitrogen functional groups attached to an aromatic ring is 1. The second-order valence-corrected chi connectivity index (χ2v) is 4.85. The Morgan fingerprint density at radius 3 is 2.93 bits per heavy atom. The predicted molar refractivity (Wildman–Crippen MR) is 60.2 cm³/mol. The number of likely N-dealkylation sites (tertiary alicyclic amines) is 1. The van der Waals surface area contributed by atoms with Crippen LogP contribution in [-0.4, -0.2) is 22.5 Å². The number of pyridine rings is 1. The Morgan fingerprint density at radius 2 is 2.33 bits per heavy atom. The lowest BCUT2D eigenvalue weighted by Crippen LogP contribution is -2.31. The molecule has 0 aromatic carbocycles. The summed E-state index contributed by atoms with van der Waals surface area (Å²) in [6.07, 6.45) is 6.16. The Labute approximate surface area is 90.3 Å². The van der Waals surface area contributed by atoms with Crippen molar-refractivity contribution in [3.63, 3.8) is 0 Å². The van der Waals surface area contributed by atoms with Gasteiger partial charge in [-0.05, 0) is 36.8 Å². The molecule has 2 heterocycles. The van der Waals surface area contributed by atoms with Crippen LogP contribution in [0.5, 0.6) is 0 Å². The first kappa shape index (κ1) is 9.16. The van der Waals surface area contributed by atoms with Crippen LogP contribution in [-0.2, 0) is 6.54 Å². The van der Waals surface area contributed by atoms with Crippen LogP contribution in [0, 0.1) is 5.92 Å². The van der Waals surface area contributed by atoms with E-state index in [-0.39, 0.29) is 0 Å². The highest BCUT2D eigenvalue weighted by Crippen LogP contribution is 2.37. The van der Waals surface area contributed by atoms with Gasteiger partial charge >= 0.3 is 0 Å². The summed E-state index contributed by atoms with van der Waals surface area (Å²) in [5.41, 5.74) is 6.86. The van der Waals surface area contributed by atoms with E-state index in [2.05, 4.69) is 16.0 Å². The summed E-state index contributed by atoms with van der Waals surface area (Å²) >= 11 is 0. The van der Waals surface area contributed by atoms with E-state index in [4.69, 9.17) is 5.73 Å². The fourth-order valence-electron chi connectivity index (χ4n) is 2.98. The first-order valence-electron chi connectivity index (χ1n) is 5.76. The molecule has 80 valence electrons. The van der Waals surface area contributed by atoms with Crippen LogP contribution >= 0.6 is 0 Å². The number of hydrogen-bond donors (Lipinski definition) is 1. The van der Waals surface area contributed by atoms with E-state index in [1.54, 1.807) is 0 Å². The Bertz CT molecular complexity index is 346. The zero-order valence-corrected chi connectivity index (χ0v) is 8.89. The standard InChI is InChI=1S/C12H17N3/c13-12-4-2-10(6-14-12)8-15-7-9-1-3-11(15)5-9/h2,4,6,9,11H,1,3,5,7-8H2,(H2,13,14)/t9-,11+/m1/s1. The third-order valence-electron chi connectivity index (χ3n) is 3.76. The monoisotopic (exact) mass is 203 g/mol. The summed E-state index contributed by atoms with van der Waals surface area (Å²) in [6.45, 7) is 2.34. The van der Waals surface area contributed by atoms with Crippen molar-refractivity contribution in [1.29, 1.82) is 0 Å². The van der Waals surface area contributed by atoms with Crippen molar-refractivity contribution in [2.45, 2.75) is 31.8 Å². The molecule has 2 bridgehead atoms. The second-order valence-electron chi connectivity index (χ2n) is 4.85. The van der Waals surface area contributed by atoms with E-state index < -0.39 is 0 Å². The van der Waals surface area contributed by atoms with Gasteiger partial charge in [0.2, 0.25) is 0 Å². The van der Waals surface area contributed by atoms with E-state index in [0.717, 1.165) is 18.5 Å². The fraction of sp³-hybridized carbons (Fsp3) is 0.583. The number of hydrogen-bond acceptors (Lipinski definition) is 3. The summed E-state index contributed by atoms with van der Waals surface area (Å²) in [4.78, 5) is 6.73. The quantitative estimate of drug-likeness (QED) is 0.794. The number of piperidine rings is 1. The van der Waals surface area contributed by atoms with E-state index >= 15 is 0 Å². The number of fused-ring (bicyclic) bond motifs is 2. The lowest BCUT2D eigenvalue weighted by Gasteiger charge is -2.26. The van der Waals surface area contributed by atoms with E-state index in [9.17, 15) is 0 Å². The Morgan fingerprint density at radius 1 is 1.40 bits per heavy atom. The summed E-state index contributed by atoms with van der Waals surface area (Å²) in [6, 6.07) is 4.82. The van der Waals surface area contributed by atoms with Gasteiger partial charge in [0.1, 0.15) is 5.82 Å². The molecule has 2 atom stereocenters. The minimum Gasteiger partial charge on any atom is -0.384 e. The molecule has 0 spiro atoms. The summed E-state index contributed by atoms with van der Waals surface area (Å²) in [7, 11) is 0. The van der Waals surface area contributed by atoms with Crippen LogP contribution < -0.4 is 5.73 Å². The maximum atomic E-state index is 5.57. The Kier molecular flexibility index (Phi) is 2.13. The van der Waals surface area contributed by atoms with E-state index in [0.29, 0.717) is 5.82 Å². The summed E-state index contributed by atoms with van der Waals surface area (Å²) < 4.78 is 0. The molecule has 1 saturated carbocycles. The number of anilines is 1. The molecule has 0 unspecified atom stereocenters. The van der Waals surface area contributed by atoms with Crippen LogP contribution in [0.15, 0.2) is 18.3 Å². The number of nitrogens with two attached hydrogens (primary N) is 1. The van der Waals surface area contributed by atoms with Crippen LogP contribution in [0.4, 0.5) is 5.82 Å². The van der Waals surface area contributed by atoms with Gasteiger partial charge in [0.05, 0.1) is 0 Å². The molecule has 1 aromatic rings. The molecular weight excluding hydrogens is 186 g/mol. The maximum absolute atomic E-state index is 5.57. The minimum absolute atomic E-state index is 0.613. The predicted octanol–water partition coefficient (Wildman–Crippen LogP) is 1.65. The number of rotatable bonds is 2. The molecular formula is C12H17N3. The van der Waals surface area contributed by atoms with Crippen LogP contribution in [0.1, 0.15) is 24.8 Å². The van der Waals surface area contributed by atoms with Crippen molar-refractivity contribution >= 4 is 5.82 Å². The Balaban J connectivity index is 1.68. The highest BCUT2D eigenvalue weighted by atomic mass is 15.2. The summed E-state index contributed by atoms with van der Waals surface area (Å²) in [5.74, 6) is 1.58. The third kappa shape index (κ3) is 1.72. The molecule has 1 saturated heterocycles. The van der Waals surface area contributed by atoms with Crippen molar-refractivity contribution in [2.75, 3.05) is 12.3 Å². The molecule has 15 heavy (non-hydrogen) atoms. The van der Waals surface area contributed by atoms with Crippen LogP contribution in [0.2, 0.25) is 0 Å². The van der Waals surface area contributed by atoms with Crippen molar-refractivity contribution in [3.8, 4) is 0 Å². The van der Waals surface area contributed by atoms with Gasteiger partial charge in [-0.1, -0.05) is 6.07 Å². The molecule has 1 aliphatic carbocycles. The first-order valence-corrected chi connectivity index (χ1v) is 5.76. The lowest BCUT2D eigenvalue weighted by molar-refractivity contribution is 0.205. The van der Waals surface area contributed by atoms with Gasteiger partial charge in [-0.15, -0.1) is 0 Å². The third-order valence-corrected chi connectivity index (χ3v) is 3.76. The maximum Gasteiger partial charge on any atom is 0.123 e. The molecule has 3 rings (SSSR count). The zero-order chi connectivity index (χ0) is 10.3. The molecule has 3 nitrogen and oxygen atoms in total. The number of nitrogens with zero attached hydrogens (tertiary/aromatic N) is 2. The first-order chi connectivity index (χ1) is 7.31. The van der Waals surface area contributed by atoms with Gasteiger partial charge < -0.3 is 5.73 Å². The van der Waals surface area contributed by atoms with Crippen molar-refractivity contribution < 1.29 is 0 Å². The van der Waals surface area contributed by atoms with Gasteiger partial charge in [0, 0.05) is 25.3 Å². The lowest BCUT2D eigenvalue weighted by atomic mass is 10.1. The van der Waals surface area contributed by atoms with Crippen LogP contribution in [0.3, 0.4) is 0 Å². The smallest absolute Gasteiger partial charge is 0.123 e. The minimum atomic E-state index is 0.613. The molecule has 1 aromatic heterocycles. The molecule has 1 aliphatic heterocycles. The fourth-order valence-corrected chi connectivity index (χ4v) is 2.98. The Hall–Kier alpha value is -1.09. The van der Waals surface area contributed by atoms with E-state index in [1.807, 2.05) is 12.3 Å². The zero-order valence-electron chi connectivity index (χ0n) is 8.89. The molecule has 3 heteroatoms. The topological polar surface area (TPSA) is 42.1 Å². The van der Waals surface area contributed by atoms with Gasteiger partial charge in [-0.3, -0.25) is 4.90 Å². The molecule has 2 N–H and O–H groups in total. The SMILES string of the molecule is Nc1ccc(CN2C[C@@H]3CC[C@H]2C3)cn1. The average Bonchev–Trinajstić information content (AvgIpc) is 2.83. The van der Waals surface area contributed by atoms with Gasteiger partial charge in [-0.2, -0.15) is 0 Å². The largest absolute Gasteiger partial charge is 0.384 e. The van der Waals surface area contributed by atoms with E-state index in [1.165, 1.54) is 31.4 Å². The molecule has 2 fully saturated rings. The number of aromatic nitrogens is 1. The average molecular weight is 203 g/mol. The van der Waals surface area contributed by atoms with Crippen LogP contribution in [0.25, 0.3) is 0 Å². The molecule has 0 amide bonds. The highest BCUT2D eigenvalue weighted by molar-refractivity contribution is 5.29. The van der Waals surface area contributed by atoms with Crippen molar-refractivity contribution in [3.05, 3.63) is 23.9 Å². The van der Waals surface area contributed by atoms with Crippen molar-refractivity contribution in [1.82, 2.24) is 9.88 Å². The normalized spacial score (nSPS) is 29.9. The van der Waals surface area contributed by atoms with Crippen molar-refractivity contribution in [2.24, 2.45) is 5.92 Å². The van der Waals surface area contributed by atoms with Gasteiger partial charge in [0.25, 0.3) is 0 Å². The molecule has 2 aliphatic rings. The summed E-state index contributed by atoms with van der Waals surface area (Å²) in [5, 5.41) is 0. The molecule has 0 radical (unpaired) electrons. The highest BCUT2D eigenvalue weighted by Gasteiger charge is 2.37. The van der Waals surface area contributed by atoms with Gasteiger partial charge in [-0.25, -0.2) is 4.98 Å².